The molecule has 0 radical (unpaired) electrons. The van der Waals surface area contributed by atoms with Gasteiger partial charge in [0.15, 0.2) is 0 Å². The molecule has 5 nitrogen and oxygen atoms in total. The summed E-state index contributed by atoms with van der Waals surface area (Å²) in [5.41, 5.74) is 1.52. The van der Waals surface area contributed by atoms with Gasteiger partial charge in [-0.15, -0.1) is 11.3 Å². The second kappa shape index (κ2) is 10.3. The van der Waals surface area contributed by atoms with Gasteiger partial charge in [0.1, 0.15) is 12.4 Å². The van der Waals surface area contributed by atoms with E-state index >= 15 is 0 Å². The number of nitrogens with zero attached hydrogens (tertiary/aromatic N) is 2. The number of hydrogen-bond donors (Lipinski definition) is 1. The highest BCUT2D eigenvalue weighted by atomic mass is 79.9. The minimum absolute atomic E-state index is 0.000399. The van der Waals surface area contributed by atoms with Crippen molar-refractivity contribution in [1.82, 2.24) is 9.80 Å². The quantitative estimate of drug-likeness (QED) is 0.407. The fourth-order valence-corrected chi connectivity index (χ4v) is 4.34. The highest BCUT2D eigenvalue weighted by molar-refractivity contribution is 9.10. The van der Waals surface area contributed by atoms with Gasteiger partial charge in [-0.1, -0.05) is 34.1 Å². The molecule has 4 rings (SSSR count). The number of hydrogen-bond acceptors (Lipinski definition) is 3. The Labute approximate surface area is 199 Å². The molecular formula is C24H23BrFN3O2S. The first-order valence-corrected chi connectivity index (χ1v) is 12.0. The first kappa shape index (κ1) is 22.5. The Morgan fingerprint density at radius 1 is 1.03 bits per heavy atom. The summed E-state index contributed by atoms with van der Waals surface area (Å²) in [7, 11) is 0. The zero-order valence-electron chi connectivity index (χ0n) is 17.3. The first-order chi connectivity index (χ1) is 15.5. The number of carbonyl (C=O) groups is 2. The van der Waals surface area contributed by atoms with Gasteiger partial charge in [-0.05, 0) is 66.2 Å². The van der Waals surface area contributed by atoms with Crippen LogP contribution in [0.4, 0.5) is 14.9 Å². The van der Waals surface area contributed by atoms with Crippen LogP contribution in [0.2, 0.25) is 0 Å². The van der Waals surface area contributed by atoms with Crippen LogP contribution in [-0.2, 0) is 17.9 Å². The Morgan fingerprint density at radius 2 is 1.75 bits per heavy atom. The van der Waals surface area contributed by atoms with Crippen LogP contribution in [0.5, 0.6) is 0 Å². The van der Waals surface area contributed by atoms with Crippen molar-refractivity contribution in [1.29, 1.82) is 0 Å². The van der Waals surface area contributed by atoms with E-state index in [1.807, 2.05) is 41.8 Å². The lowest BCUT2D eigenvalue weighted by Crippen LogP contribution is -2.45. The Hall–Kier alpha value is -2.71. The molecule has 1 fully saturated rings. The van der Waals surface area contributed by atoms with Crippen LogP contribution < -0.4 is 5.32 Å². The standard InChI is InChI=1S/C24H23BrFN3O2S/c25-18-5-9-20(10-6-18)27-24(31)29(21-11-12-21)16-23(30)28(15-22-2-1-13-32-22)14-17-3-7-19(26)8-4-17/h1-10,13,21H,11-12,14-16H2,(H,27,31). The van der Waals surface area contributed by atoms with E-state index in [2.05, 4.69) is 21.2 Å². The van der Waals surface area contributed by atoms with Gasteiger partial charge < -0.3 is 15.1 Å². The predicted octanol–water partition coefficient (Wildman–Crippen LogP) is 5.88. The predicted molar refractivity (Wildman–Crippen MR) is 128 cm³/mol. The minimum atomic E-state index is -0.311. The highest BCUT2D eigenvalue weighted by Gasteiger charge is 2.35. The van der Waals surface area contributed by atoms with E-state index in [0.717, 1.165) is 27.8 Å². The maximum Gasteiger partial charge on any atom is 0.322 e. The Balaban J connectivity index is 1.47. The number of anilines is 1. The van der Waals surface area contributed by atoms with Crippen LogP contribution in [0.25, 0.3) is 0 Å². The first-order valence-electron chi connectivity index (χ1n) is 10.4. The fourth-order valence-electron chi connectivity index (χ4n) is 3.36. The van der Waals surface area contributed by atoms with Gasteiger partial charge in [0, 0.05) is 27.6 Å². The third-order valence-electron chi connectivity index (χ3n) is 5.22. The molecule has 3 amide bonds. The second-order valence-corrected chi connectivity index (χ2v) is 9.70. The lowest BCUT2D eigenvalue weighted by Gasteiger charge is -2.28. The van der Waals surface area contributed by atoms with Crippen molar-refractivity contribution in [2.24, 2.45) is 0 Å². The van der Waals surface area contributed by atoms with Crippen molar-refractivity contribution in [3.63, 3.8) is 0 Å². The molecule has 1 N–H and O–H groups in total. The zero-order chi connectivity index (χ0) is 22.5. The monoisotopic (exact) mass is 515 g/mol. The van der Waals surface area contributed by atoms with Crippen molar-refractivity contribution >= 4 is 44.9 Å². The molecule has 1 aliphatic rings. The Morgan fingerprint density at radius 3 is 2.38 bits per heavy atom. The van der Waals surface area contributed by atoms with E-state index in [-0.39, 0.29) is 30.3 Å². The van der Waals surface area contributed by atoms with E-state index in [1.54, 1.807) is 33.3 Å². The smallest absolute Gasteiger partial charge is 0.322 e. The average Bonchev–Trinajstić information content (AvgIpc) is 3.49. The van der Waals surface area contributed by atoms with Gasteiger partial charge in [-0.25, -0.2) is 9.18 Å². The molecule has 166 valence electrons. The highest BCUT2D eigenvalue weighted by Crippen LogP contribution is 2.28. The number of urea groups is 1. The lowest BCUT2D eigenvalue weighted by molar-refractivity contribution is -0.133. The van der Waals surface area contributed by atoms with Gasteiger partial charge >= 0.3 is 6.03 Å². The van der Waals surface area contributed by atoms with Crippen LogP contribution >= 0.6 is 27.3 Å². The number of halogens is 2. The van der Waals surface area contributed by atoms with Gasteiger partial charge in [0.25, 0.3) is 0 Å². The molecule has 0 atom stereocenters. The summed E-state index contributed by atoms with van der Waals surface area (Å²) in [5.74, 6) is -0.449. The lowest BCUT2D eigenvalue weighted by atomic mass is 10.2. The summed E-state index contributed by atoms with van der Waals surface area (Å²) in [6.07, 6.45) is 1.79. The number of thiophene rings is 1. The van der Waals surface area contributed by atoms with Crippen LogP contribution in [0, 0.1) is 5.82 Å². The second-order valence-electron chi connectivity index (χ2n) is 7.75. The normalized spacial score (nSPS) is 12.9. The van der Waals surface area contributed by atoms with E-state index in [9.17, 15) is 14.0 Å². The maximum absolute atomic E-state index is 13.3. The molecule has 1 aliphatic carbocycles. The summed E-state index contributed by atoms with van der Waals surface area (Å²) >= 11 is 4.96. The van der Waals surface area contributed by atoms with Crippen molar-refractivity contribution in [3.8, 4) is 0 Å². The third-order valence-corrected chi connectivity index (χ3v) is 6.61. The van der Waals surface area contributed by atoms with Crippen LogP contribution in [-0.4, -0.2) is 34.3 Å². The van der Waals surface area contributed by atoms with E-state index < -0.39 is 0 Å². The van der Waals surface area contributed by atoms with Gasteiger partial charge in [0.05, 0.1) is 6.54 Å². The molecule has 0 saturated heterocycles. The maximum atomic E-state index is 13.3. The third kappa shape index (κ3) is 6.17. The molecular weight excluding hydrogens is 493 g/mol. The molecule has 0 bridgehead atoms. The number of amides is 3. The zero-order valence-corrected chi connectivity index (χ0v) is 19.7. The van der Waals surface area contributed by atoms with E-state index in [0.29, 0.717) is 18.8 Å². The number of rotatable bonds is 8. The van der Waals surface area contributed by atoms with Gasteiger partial charge in [-0.2, -0.15) is 0 Å². The van der Waals surface area contributed by atoms with Crippen LogP contribution in [0.15, 0.2) is 70.5 Å². The van der Waals surface area contributed by atoms with Crippen LogP contribution in [0.3, 0.4) is 0 Å². The summed E-state index contributed by atoms with van der Waals surface area (Å²) in [6, 6.07) is 17.2. The molecule has 0 spiro atoms. The summed E-state index contributed by atoms with van der Waals surface area (Å²) in [4.78, 5) is 30.7. The minimum Gasteiger partial charge on any atom is -0.332 e. The van der Waals surface area contributed by atoms with Crippen molar-refractivity contribution in [2.75, 3.05) is 11.9 Å². The van der Waals surface area contributed by atoms with Gasteiger partial charge in [0.2, 0.25) is 5.91 Å². The SMILES string of the molecule is O=C(CN(C(=O)Nc1ccc(Br)cc1)C1CC1)N(Cc1ccc(F)cc1)Cc1cccs1. The molecule has 1 aromatic heterocycles. The largest absolute Gasteiger partial charge is 0.332 e. The topological polar surface area (TPSA) is 52.7 Å². The molecule has 32 heavy (non-hydrogen) atoms. The molecule has 0 unspecified atom stereocenters. The number of nitrogens with one attached hydrogen (secondary N) is 1. The van der Waals surface area contributed by atoms with Gasteiger partial charge in [-0.3, -0.25) is 4.79 Å². The molecule has 8 heteroatoms. The summed E-state index contributed by atoms with van der Waals surface area (Å²) < 4.78 is 14.2. The fraction of sp³-hybridized carbons (Fsp3) is 0.250. The van der Waals surface area contributed by atoms with Crippen molar-refractivity contribution in [3.05, 3.63) is 86.8 Å². The molecule has 1 heterocycles. The van der Waals surface area contributed by atoms with Crippen molar-refractivity contribution < 1.29 is 14.0 Å². The van der Waals surface area contributed by atoms with E-state index in [1.165, 1.54) is 12.1 Å². The van der Waals surface area contributed by atoms with E-state index in [4.69, 9.17) is 0 Å². The van der Waals surface area contributed by atoms with Crippen molar-refractivity contribution in [2.45, 2.75) is 32.0 Å². The molecule has 1 saturated carbocycles. The van der Waals surface area contributed by atoms with Crippen LogP contribution in [0.1, 0.15) is 23.3 Å². The Bertz CT molecular complexity index is 1050. The number of benzene rings is 2. The summed E-state index contributed by atoms with van der Waals surface area (Å²) in [5, 5.41) is 4.86. The molecule has 0 aliphatic heterocycles. The average molecular weight is 516 g/mol. The number of carbonyl (C=O) groups excluding carboxylic acids is 2. The summed E-state index contributed by atoms with van der Waals surface area (Å²) in [6.45, 7) is 0.796. The molecule has 3 aromatic rings. The molecule has 2 aromatic carbocycles. The Kier molecular flexibility index (Phi) is 7.22.